The Balaban J connectivity index is 1.59. The maximum atomic E-state index is 13.2. The van der Waals surface area contributed by atoms with E-state index in [0.717, 1.165) is 22.3 Å². The van der Waals surface area contributed by atoms with Crippen LogP contribution in [0.25, 0.3) is 33.3 Å². The van der Waals surface area contributed by atoms with Crippen molar-refractivity contribution in [1.29, 1.82) is 0 Å². The SMILES string of the molecule is CCCN1CCC(c2ccc3[nH]c(-c4cc(-c5cncnc5)c(=O)n(CC)c4)c(C(C)C)c3c2)CC1. The number of hydrogen-bond donors (Lipinski definition) is 1. The van der Waals surface area contributed by atoms with Crippen LogP contribution in [0.4, 0.5) is 0 Å². The number of H-pyrrole nitrogens is 1. The van der Waals surface area contributed by atoms with Crippen molar-refractivity contribution in [1.82, 2.24) is 24.4 Å². The van der Waals surface area contributed by atoms with E-state index < -0.39 is 0 Å². The fraction of sp³-hybridized carbons (Fsp3) is 0.433. The summed E-state index contributed by atoms with van der Waals surface area (Å²) in [7, 11) is 0. The third-order valence-corrected chi connectivity index (χ3v) is 7.63. The average Bonchev–Trinajstić information content (AvgIpc) is 3.29. The molecule has 6 nitrogen and oxygen atoms in total. The molecular formula is C30H37N5O. The summed E-state index contributed by atoms with van der Waals surface area (Å²) in [6.45, 7) is 13.0. The smallest absolute Gasteiger partial charge is 0.258 e. The number of nitrogens with zero attached hydrogens (tertiary/aromatic N) is 4. The van der Waals surface area contributed by atoms with Gasteiger partial charge in [-0.3, -0.25) is 4.79 Å². The Morgan fingerprint density at radius 3 is 2.47 bits per heavy atom. The number of piperidine rings is 1. The number of pyridine rings is 1. The summed E-state index contributed by atoms with van der Waals surface area (Å²) in [5.74, 6) is 0.952. The summed E-state index contributed by atoms with van der Waals surface area (Å²) in [5.41, 5.74) is 7.38. The van der Waals surface area contributed by atoms with E-state index >= 15 is 0 Å². The van der Waals surface area contributed by atoms with Crippen molar-refractivity contribution >= 4 is 10.9 Å². The molecule has 1 N–H and O–H groups in total. The van der Waals surface area contributed by atoms with Gasteiger partial charge in [-0.25, -0.2) is 9.97 Å². The monoisotopic (exact) mass is 483 g/mol. The normalized spacial score (nSPS) is 15.2. The zero-order valence-electron chi connectivity index (χ0n) is 21.9. The Bertz CT molecular complexity index is 1390. The molecule has 0 spiro atoms. The molecule has 0 saturated carbocycles. The quantitative estimate of drug-likeness (QED) is 0.340. The fourth-order valence-electron chi connectivity index (χ4n) is 5.77. The van der Waals surface area contributed by atoms with Crippen molar-refractivity contribution in [2.75, 3.05) is 19.6 Å². The standard InChI is InChI=1S/C30H37N5O/c1-5-11-34-12-9-21(10-13-34)22-7-8-27-26(14-22)28(20(3)4)29(33-27)23-15-25(24-16-31-19-32-17-24)30(36)35(6-2)18-23/h7-8,14-21,33H,5-6,9-13H2,1-4H3. The fourth-order valence-corrected chi connectivity index (χ4v) is 5.77. The van der Waals surface area contributed by atoms with Crippen LogP contribution in [-0.4, -0.2) is 44.1 Å². The molecule has 3 aromatic heterocycles. The zero-order chi connectivity index (χ0) is 25.2. The lowest BCUT2D eigenvalue weighted by molar-refractivity contribution is 0.213. The molecule has 188 valence electrons. The molecule has 0 amide bonds. The van der Waals surface area contributed by atoms with Gasteiger partial charge in [0.2, 0.25) is 0 Å². The number of hydrogen-bond acceptors (Lipinski definition) is 4. The van der Waals surface area contributed by atoms with E-state index in [1.807, 2.05) is 19.2 Å². The molecule has 0 unspecified atom stereocenters. The average molecular weight is 484 g/mol. The summed E-state index contributed by atoms with van der Waals surface area (Å²) in [6.07, 6.45) is 10.6. The lowest BCUT2D eigenvalue weighted by Crippen LogP contribution is -2.33. The van der Waals surface area contributed by atoms with Gasteiger partial charge in [-0.1, -0.05) is 26.8 Å². The van der Waals surface area contributed by atoms with Crippen molar-refractivity contribution in [2.24, 2.45) is 0 Å². The lowest BCUT2D eigenvalue weighted by atomic mass is 9.87. The van der Waals surface area contributed by atoms with Crippen LogP contribution in [0, 0.1) is 0 Å². The highest BCUT2D eigenvalue weighted by atomic mass is 16.1. The maximum Gasteiger partial charge on any atom is 0.258 e. The van der Waals surface area contributed by atoms with E-state index in [4.69, 9.17) is 0 Å². The van der Waals surface area contributed by atoms with Gasteiger partial charge < -0.3 is 14.5 Å². The Labute approximate surface area is 213 Å². The molecule has 0 bridgehead atoms. The first-order chi connectivity index (χ1) is 17.5. The van der Waals surface area contributed by atoms with E-state index in [1.54, 1.807) is 17.0 Å². The molecule has 6 heteroatoms. The molecule has 1 fully saturated rings. The van der Waals surface area contributed by atoms with E-state index in [-0.39, 0.29) is 5.56 Å². The minimum atomic E-state index is -0.0186. The number of aromatic nitrogens is 4. The Morgan fingerprint density at radius 1 is 1.06 bits per heavy atom. The summed E-state index contributed by atoms with van der Waals surface area (Å²) < 4.78 is 1.78. The van der Waals surface area contributed by atoms with Crippen molar-refractivity contribution in [3.63, 3.8) is 0 Å². The van der Waals surface area contributed by atoms with Crippen molar-refractivity contribution in [3.8, 4) is 22.4 Å². The Morgan fingerprint density at radius 2 is 1.81 bits per heavy atom. The van der Waals surface area contributed by atoms with E-state index in [2.05, 4.69) is 58.8 Å². The van der Waals surface area contributed by atoms with Crippen LogP contribution in [0.15, 0.2) is 54.0 Å². The van der Waals surface area contributed by atoms with Crippen LogP contribution < -0.4 is 5.56 Å². The van der Waals surface area contributed by atoms with Crippen molar-refractivity contribution in [3.05, 3.63) is 70.7 Å². The second-order valence-electron chi connectivity index (χ2n) is 10.4. The molecule has 4 heterocycles. The number of benzene rings is 1. The molecule has 0 radical (unpaired) electrons. The van der Waals surface area contributed by atoms with Gasteiger partial charge in [-0.05, 0) is 87.0 Å². The second kappa shape index (κ2) is 10.4. The topological polar surface area (TPSA) is 66.8 Å². The third-order valence-electron chi connectivity index (χ3n) is 7.63. The molecule has 5 rings (SSSR count). The molecule has 36 heavy (non-hydrogen) atoms. The Kier molecular flexibility index (Phi) is 7.06. The highest BCUT2D eigenvalue weighted by Crippen LogP contribution is 2.38. The van der Waals surface area contributed by atoms with E-state index in [0.29, 0.717) is 23.9 Å². The lowest BCUT2D eigenvalue weighted by Gasteiger charge is -2.32. The first-order valence-electron chi connectivity index (χ1n) is 13.4. The maximum absolute atomic E-state index is 13.2. The summed E-state index contributed by atoms with van der Waals surface area (Å²) >= 11 is 0. The first kappa shape index (κ1) is 24.4. The van der Waals surface area contributed by atoms with Crippen molar-refractivity contribution < 1.29 is 0 Å². The first-order valence-corrected chi connectivity index (χ1v) is 13.4. The number of fused-ring (bicyclic) bond motifs is 1. The van der Waals surface area contributed by atoms with Gasteiger partial charge in [0.05, 0.1) is 11.3 Å². The van der Waals surface area contributed by atoms with Gasteiger partial charge in [0.25, 0.3) is 5.56 Å². The number of aryl methyl sites for hydroxylation is 1. The van der Waals surface area contributed by atoms with E-state index in [1.165, 1.54) is 61.7 Å². The molecule has 0 atom stereocenters. The van der Waals surface area contributed by atoms with Crippen LogP contribution >= 0.6 is 0 Å². The van der Waals surface area contributed by atoms with E-state index in [9.17, 15) is 4.79 Å². The largest absolute Gasteiger partial charge is 0.354 e. The summed E-state index contributed by atoms with van der Waals surface area (Å²) in [4.78, 5) is 27.7. The third kappa shape index (κ3) is 4.62. The van der Waals surface area contributed by atoms with Gasteiger partial charge >= 0.3 is 0 Å². The predicted molar refractivity (Wildman–Crippen MR) is 147 cm³/mol. The summed E-state index contributed by atoms with van der Waals surface area (Å²) in [5, 5.41) is 1.30. The number of nitrogens with one attached hydrogen (secondary N) is 1. The van der Waals surface area contributed by atoms with Crippen LogP contribution in [0.3, 0.4) is 0 Å². The zero-order valence-corrected chi connectivity index (χ0v) is 21.9. The van der Waals surface area contributed by atoms with Gasteiger partial charge in [0.15, 0.2) is 0 Å². The summed E-state index contributed by atoms with van der Waals surface area (Å²) in [6, 6.07) is 8.98. The van der Waals surface area contributed by atoms with Gasteiger partial charge in [0.1, 0.15) is 6.33 Å². The molecule has 1 saturated heterocycles. The second-order valence-corrected chi connectivity index (χ2v) is 10.4. The minimum Gasteiger partial charge on any atom is -0.354 e. The van der Waals surface area contributed by atoms with Crippen molar-refractivity contribution in [2.45, 2.75) is 65.3 Å². The molecule has 0 aliphatic carbocycles. The highest BCUT2D eigenvalue weighted by molar-refractivity contribution is 5.92. The number of likely N-dealkylation sites (tertiary alicyclic amines) is 1. The molecule has 1 aromatic carbocycles. The molecule has 1 aliphatic heterocycles. The molecule has 4 aromatic rings. The van der Waals surface area contributed by atoms with Gasteiger partial charge in [0, 0.05) is 47.2 Å². The minimum absolute atomic E-state index is 0.0186. The van der Waals surface area contributed by atoms with Gasteiger partial charge in [-0.15, -0.1) is 0 Å². The van der Waals surface area contributed by atoms with Crippen LogP contribution in [0.5, 0.6) is 0 Å². The predicted octanol–water partition coefficient (Wildman–Crippen LogP) is 6.19. The Hall–Kier alpha value is -3.25. The molecular weight excluding hydrogens is 446 g/mol. The van der Waals surface area contributed by atoms with Gasteiger partial charge in [-0.2, -0.15) is 0 Å². The number of aromatic amines is 1. The van der Waals surface area contributed by atoms with Crippen LogP contribution in [0.2, 0.25) is 0 Å². The molecule has 1 aliphatic rings. The number of rotatable bonds is 7. The highest BCUT2D eigenvalue weighted by Gasteiger charge is 2.23. The van der Waals surface area contributed by atoms with Crippen LogP contribution in [-0.2, 0) is 6.54 Å². The van der Waals surface area contributed by atoms with Crippen LogP contribution in [0.1, 0.15) is 69.9 Å².